The first-order valence-corrected chi connectivity index (χ1v) is 5.28. The van der Waals surface area contributed by atoms with Crippen LogP contribution in [0.5, 0.6) is 0 Å². The number of hydrogen-bond acceptors (Lipinski definition) is 2. The van der Waals surface area contributed by atoms with Gasteiger partial charge in [-0.3, -0.25) is 4.79 Å². The van der Waals surface area contributed by atoms with Gasteiger partial charge in [0, 0.05) is 0 Å². The first kappa shape index (κ1) is 12.0. The highest BCUT2D eigenvalue weighted by Crippen LogP contribution is 2.22. The fraction of sp³-hybridized carbons (Fsp3) is 0.364. The topological polar surface area (TPSA) is 41.1 Å². The van der Waals surface area contributed by atoms with Crippen LogP contribution in [-0.2, 0) is 4.79 Å². The van der Waals surface area contributed by atoms with Crippen LogP contribution in [0.4, 0.5) is 5.69 Å². The lowest BCUT2D eigenvalue weighted by atomic mass is 10.2. The van der Waals surface area contributed by atoms with E-state index in [4.69, 9.17) is 11.6 Å². The van der Waals surface area contributed by atoms with E-state index >= 15 is 0 Å². The van der Waals surface area contributed by atoms with Gasteiger partial charge in [0.05, 0.1) is 17.3 Å². The number of rotatable bonds is 4. The van der Waals surface area contributed by atoms with Crippen molar-refractivity contribution in [3.8, 4) is 0 Å². The van der Waals surface area contributed by atoms with Crippen LogP contribution in [0.2, 0.25) is 5.02 Å². The number of halogens is 1. The number of carbonyl (C=O) groups excluding carboxylic acids is 1. The van der Waals surface area contributed by atoms with Crippen LogP contribution in [0.3, 0.4) is 0 Å². The molecule has 0 atom stereocenters. The highest BCUT2D eigenvalue weighted by molar-refractivity contribution is 6.33. The summed E-state index contributed by atoms with van der Waals surface area (Å²) in [5.74, 6) is -0.0793. The van der Waals surface area contributed by atoms with E-state index in [1.807, 2.05) is 26.0 Å². The van der Waals surface area contributed by atoms with Crippen molar-refractivity contribution in [3.63, 3.8) is 0 Å². The van der Waals surface area contributed by atoms with Crippen molar-refractivity contribution in [1.29, 1.82) is 0 Å². The second-order valence-corrected chi connectivity index (χ2v) is 3.72. The SMILES string of the molecule is CCNCC(=O)Nc1cc(C)ccc1Cl. The van der Waals surface area contributed by atoms with Gasteiger partial charge in [0.15, 0.2) is 0 Å². The number of hydrogen-bond donors (Lipinski definition) is 2. The predicted octanol–water partition coefficient (Wildman–Crippen LogP) is 2.20. The predicted molar refractivity (Wildman–Crippen MR) is 63.4 cm³/mol. The van der Waals surface area contributed by atoms with Crippen LogP contribution in [0.15, 0.2) is 18.2 Å². The molecule has 2 N–H and O–H groups in total. The van der Waals surface area contributed by atoms with E-state index in [2.05, 4.69) is 10.6 Å². The molecule has 0 unspecified atom stereocenters. The molecule has 4 heteroatoms. The van der Waals surface area contributed by atoms with Crippen LogP contribution >= 0.6 is 11.6 Å². The van der Waals surface area contributed by atoms with Crippen molar-refractivity contribution in [2.75, 3.05) is 18.4 Å². The van der Waals surface area contributed by atoms with Gasteiger partial charge in [-0.2, -0.15) is 0 Å². The molecular formula is C11H15ClN2O. The summed E-state index contributed by atoms with van der Waals surface area (Å²) in [7, 11) is 0. The van der Waals surface area contributed by atoms with Crippen LogP contribution in [0, 0.1) is 6.92 Å². The zero-order chi connectivity index (χ0) is 11.3. The summed E-state index contributed by atoms with van der Waals surface area (Å²) in [6, 6.07) is 5.54. The number of nitrogens with one attached hydrogen (secondary N) is 2. The van der Waals surface area contributed by atoms with Gasteiger partial charge in [0.2, 0.25) is 5.91 Å². The van der Waals surface area contributed by atoms with Crippen molar-refractivity contribution in [2.24, 2.45) is 0 Å². The number of aryl methyl sites for hydroxylation is 1. The van der Waals surface area contributed by atoms with Crippen LogP contribution < -0.4 is 10.6 Å². The lowest BCUT2D eigenvalue weighted by Gasteiger charge is -2.08. The maximum absolute atomic E-state index is 11.4. The van der Waals surface area contributed by atoms with E-state index in [9.17, 15) is 4.79 Å². The number of benzene rings is 1. The van der Waals surface area contributed by atoms with Gasteiger partial charge in [-0.25, -0.2) is 0 Å². The molecule has 0 aliphatic carbocycles. The maximum atomic E-state index is 11.4. The summed E-state index contributed by atoms with van der Waals surface area (Å²) in [6.45, 7) is 4.99. The van der Waals surface area contributed by atoms with Gasteiger partial charge in [0.25, 0.3) is 0 Å². The molecule has 0 aliphatic rings. The molecule has 0 spiro atoms. The third-order valence-corrected chi connectivity index (χ3v) is 2.26. The van der Waals surface area contributed by atoms with Crippen LogP contribution in [0.1, 0.15) is 12.5 Å². The minimum absolute atomic E-state index is 0.0793. The van der Waals surface area contributed by atoms with Gasteiger partial charge in [0.1, 0.15) is 0 Å². The van der Waals surface area contributed by atoms with Crippen LogP contribution in [0.25, 0.3) is 0 Å². The molecule has 0 heterocycles. The van der Waals surface area contributed by atoms with Gasteiger partial charge in [-0.15, -0.1) is 0 Å². The molecule has 1 aromatic rings. The Balaban J connectivity index is 2.63. The summed E-state index contributed by atoms with van der Waals surface area (Å²) in [5, 5.41) is 6.26. The van der Waals surface area contributed by atoms with E-state index in [1.54, 1.807) is 6.07 Å². The Hall–Kier alpha value is -1.06. The van der Waals surface area contributed by atoms with Crippen molar-refractivity contribution >= 4 is 23.2 Å². The molecule has 0 radical (unpaired) electrons. The lowest BCUT2D eigenvalue weighted by molar-refractivity contribution is -0.115. The molecule has 1 amide bonds. The first-order chi connectivity index (χ1) is 7.13. The zero-order valence-corrected chi connectivity index (χ0v) is 9.69. The smallest absolute Gasteiger partial charge is 0.238 e. The van der Waals surface area contributed by atoms with Crippen molar-refractivity contribution < 1.29 is 4.79 Å². The largest absolute Gasteiger partial charge is 0.324 e. The summed E-state index contributed by atoms with van der Waals surface area (Å²) in [4.78, 5) is 11.4. The average molecular weight is 227 g/mol. The molecule has 0 aromatic heterocycles. The fourth-order valence-corrected chi connectivity index (χ4v) is 1.33. The summed E-state index contributed by atoms with van der Waals surface area (Å²) in [6.07, 6.45) is 0. The van der Waals surface area contributed by atoms with Gasteiger partial charge < -0.3 is 10.6 Å². The standard InChI is InChI=1S/C11H15ClN2O/c1-3-13-7-11(15)14-10-6-8(2)4-5-9(10)12/h4-6,13H,3,7H2,1-2H3,(H,14,15). The molecule has 0 saturated heterocycles. The Labute approximate surface area is 94.8 Å². The lowest BCUT2D eigenvalue weighted by Crippen LogP contribution is -2.27. The Morgan fingerprint density at radius 3 is 2.87 bits per heavy atom. The summed E-state index contributed by atoms with van der Waals surface area (Å²) < 4.78 is 0. The highest BCUT2D eigenvalue weighted by atomic mass is 35.5. The maximum Gasteiger partial charge on any atom is 0.238 e. The second kappa shape index (κ2) is 5.73. The molecule has 0 fully saturated rings. The Morgan fingerprint density at radius 1 is 1.47 bits per heavy atom. The molecule has 1 aromatic carbocycles. The Bertz CT molecular complexity index is 352. The highest BCUT2D eigenvalue weighted by Gasteiger charge is 2.04. The first-order valence-electron chi connectivity index (χ1n) is 4.90. The minimum atomic E-state index is -0.0793. The zero-order valence-electron chi connectivity index (χ0n) is 8.93. The molecule has 0 saturated carbocycles. The average Bonchev–Trinajstić information content (AvgIpc) is 2.20. The van der Waals surface area contributed by atoms with Crippen molar-refractivity contribution in [1.82, 2.24) is 5.32 Å². The fourth-order valence-electron chi connectivity index (χ4n) is 1.17. The van der Waals surface area contributed by atoms with Crippen molar-refractivity contribution in [3.05, 3.63) is 28.8 Å². The number of amides is 1. The van der Waals surface area contributed by atoms with E-state index in [1.165, 1.54) is 0 Å². The number of carbonyl (C=O) groups is 1. The molecule has 15 heavy (non-hydrogen) atoms. The minimum Gasteiger partial charge on any atom is -0.324 e. The number of anilines is 1. The third kappa shape index (κ3) is 3.90. The molecular weight excluding hydrogens is 212 g/mol. The van der Waals surface area contributed by atoms with E-state index in [0.717, 1.165) is 12.1 Å². The quantitative estimate of drug-likeness (QED) is 0.827. The second-order valence-electron chi connectivity index (χ2n) is 3.31. The molecule has 1 rings (SSSR count). The van der Waals surface area contributed by atoms with E-state index in [-0.39, 0.29) is 5.91 Å². The molecule has 0 bridgehead atoms. The summed E-state index contributed by atoms with van der Waals surface area (Å²) >= 11 is 5.94. The normalized spacial score (nSPS) is 10.1. The molecule has 3 nitrogen and oxygen atoms in total. The summed E-state index contributed by atoms with van der Waals surface area (Å²) in [5.41, 5.74) is 1.73. The van der Waals surface area contributed by atoms with Gasteiger partial charge in [-0.1, -0.05) is 24.6 Å². The van der Waals surface area contributed by atoms with Gasteiger partial charge in [-0.05, 0) is 31.2 Å². The third-order valence-electron chi connectivity index (χ3n) is 1.93. The van der Waals surface area contributed by atoms with Crippen molar-refractivity contribution in [2.45, 2.75) is 13.8 Å². The number of likely N-dealkylation sites (N-methyl/N-ethyl adjacent to an activating group) is 1. The molecule has 82 valence electrons. The van der Waals surface area contributed by atoms with E-state index < -0.39 is 0 Å². The Kier molecular flexibility index (Phi) is 4.59. The molecule has 0 aliphatic heterocycles. The van der Waals surface area contributed by atoms with Gasteiger partial charge >= 0.3 is 0 Å². The van der Waals surface area contributed by atoms with E-state index in [0.29, 0.717) is 17.3 Å². The Morgan fingerprint density at radius 2 is 2.20 bits per heavy atom. The monoisotopic (exact) mass is 226 g/mol. The van der Waals surface area contributed by atoms with Crippen LogP contribution in [-0.4, -0.2) is 19.0 Å².